The summed E-state index contributed by atoms with van der Waals surface area (Å²) >= 11 is 0. The van der Waals surface area contributed by atoms with Gasteiger partial charge in [-0.2, -0.15) is 0 Å². The van der Waals surface area contributed by atoms with Gasteiger partial charge in [0.15, 0.2) is 0 Å². The number of benzene rings is 1. The zero-order valence-electron chi connectivity index (χ0n) is 28.0. The van der Waals surface area contributed by atoms with Crippen molar-refractivity contribution in [2.45, 2.75) is 129 Å². The molecule has 0 fully saturated rings. The number of hydrogen-bond donors (Lipinski definition) is 2. The summed E-state index contributed by atoms with van der Waals surface area (Å²) in [5, 5.41) is 6.03. The lowest BCUT2D eigenvalue weighted by atomic mass is 10.1. The molecule has 6 nitrogen and oxygen atoms in total. The lowest BCUT2D eigenvalue weighted by Gasteiger charge is -2.17. The van der Waals surface area contributed by atoms with Crippen LogP contribution >= 0.6 is 0 Å². The molecule has 0 aliphatic carbocycles. The Labute approximate surface area is 259 Å². The molecule has 0 bridgehead atoms. The molecule has 6 heteroatoms. The van der Waals surface area contributed by atoms with Gasteiger partial charge in [-0.15, -0.1) is 0 Å². The molecule has 2 amide bonds. The second kappa shape index (κ2) is 26.7. The number of carbonyl (C=O) groups excluding carboxylic acids is 2. The smallest absolute Gasteiger partial charge is 0.251 e. The molecule has 1 aromatic carbocycles. The molecule has 0 radical (unpaired) electrons. The van der Waals surface area contributed by atoms with Crippen molar-refractivity contribution in [3.8, 4) is 0 Å². The fraction of sp³-hybridized carbons (Fsp3) is 0.778. The summed E-state index contributed by atoms with van der Waals surface area (Å²) in [7, 11) is 4.24. The summed E-state index contributed by atoms with van der Waals surface area (Å²) in [6.45, 7) is 9.53. The normalized spacial score (nSPS) is 11.4. The molecule has 42 heavy (non-hydrogen) atoms. The van der Waals surface area contributed by atoms with Crippen molar-refractivity contribution in [3.63, 3.8) is 0 Å². The molecule has 0 atom stereocenters. The maximum atomic E-state index is 12.7. The average molecular weight is 587 g/mol. The molecule has 0 spiro atoms. The third-order valence-electron chi connectivity index (χ3n) is 8.23. The van der Waals surface area contributed by atoms with Crippen LogP contribution in [-0.2, 0) is 0 Å². The van der Waals surface area contributed by atoms with Crippen LogP contribution in [0.5, 0.6) is 0 Å². The zero-order valence-corrected chi connectivity index (χ0v) is 28.0. The predicted octanol–water partition coefficient (Wildman–Crippen LogP) is 8.07. The van der Waals surface area contributed by atoms with E-state index in [2.05, 4.69) is 48.4 Å². The van der Waals surface area contributed by atoms with E-state index in [1.54, 1.807) is 24.3 Å². The van der Waals surface area contributed by atoms with Crippen molar-refractivity contribution in [1.29, 1.82) is 0 Å². The maximum absolute atomic E-state index is 12.7. The van der Waals surface area contributed by atoms with E-state index in [1.807, 2.05) is 0 Å². The summed E-state index contributed by atoms with van der Waals surface area (Å²) in [5.41, 5.74) is 1.07. The second-order valence-electron chi connectivity index (χ2n) is 12.4. The molecular formula is C36H66N4O2. The Hall–Kier alpha value is -1.92. The SMILES string of the molecule is CCCCCCCCCCCN(C)CCNC(=O)c1cccc(C(=O)NCCN(C)CCCCCCCCCCC)c1. The summed E-state index contributed by atoms with van der Waals surface area (Å²) in [6, 6.07) is 7.03. The highest BCUT2D eigenvalue weighted by atomic mass is 16.2. The third kappa shape index (κ3) is 20.9. The minimum atomic E-state index is -0.123. The molecule has 0 aliphatic rings. The molecular weight excluding hydrogens is 520 g/mol. The van der Waals surface area contributed by atoms with Crippen molar-refractivity contribution in [2.24, 2.45) is 0 Å². The van der Waals surface area contributed by atoms with Crippen LogP contribution in [0.1, 0.15) is 150 Å². The first-order valence-corrected chi connectivity index (χ1v) is 17.5. The Morgan fingerprint density at radius 3 is 1.21 bits per heavy atom. The van der Waals surface area contributed by atoms with E-state index >= 15 is 0 Å². The Bertz CT molecular complexity index is 739. The summed E-state index contributed by atoms with van der Waals surface area (Å²) < 4.78 is 0. The Kier molecular flexibility index (Phi) is 24.2. The van der Waals surface area contributed by atoms with E-state index in [0.29, 0.717) is 24.2 Å². The van der Waals surface area contributed by atoms with Crippen LogP contribution in [0.25, 0.3) is 0 Å². The van der Waals surface area contributed by atoms with Crippen molar-refractivity contribution in [1.82, 2.24) is 20.4 Å². The summed E-state index contributed by atoms with van der Waals surface area (Å²) in [4.78, 5) is 30.0. The van der Waals surface area contributed by atoms with E-state index in [0.717, 1.165) is 26.2 Å². The minimum absolute atomic E-state index is 0.123. The molecule has 0 unspecified atom stereocenters. The van der Waals surface area contributed by atoms with E-state index in [-0.39, 0.29) is 11.8 Å². The third-order valence-corrected chi connectivity index (χ3v) is 8.23. The highest BCUT2D eigenvalue weighted by Gasteiger charge is 2.11. The molecule has 0 heterocycles. The fourth-order valence-corrected chi connectivity index (χ4v) is 5.33. The number of nitrogens with one attached hydrogen (secondary N) is 2. The van der Waals surface area contributed by atoms with Crippen molar-refractivity contribution >= 4 is 11.8 Å². The number of unbranched alkanes of at least 4 members (excludes halogenated alkanes) is 16. The molecule has 1 rings (SSSR count). The number of amides is 2. The van der Waals surface area contributed by atoms with Gasteiger partial charge in [0.2, 0.25) is 0 Å². The number of rotatable bonds is 28. The van der Waals surface area contributed by atoms with Gasteiger partial charge in [-0.1, -0.05) is 123 Å². The van der Waals surface area contributed by atoms with Crippen LogP contribution < -0.4 is 10.6 Å². The number of nitrogens with zero attached hydrogens (tertiary/aromatic N) is 2. The van der Waals surface area contributed by atoms with Crippen LogP contribution in [0.3, 0.4) is 0 Å². The van der Waals surface area contributed by atoms with Gasteiger partial charge < -0.3 is 20.4 Å². The predicted molar refractivity (Wildman–Crippen MR) is 181 cm³/mol. The van der Waals surface area contributed by atoms with Gasteiger partial charge in [-0.25, -0.2) is 0 Å². The van der Waals surface area contributed by atoms with Gasteiger partial charge in [-0.05, 0) is 58.2 Å². The molecule has 0 saturated heterocycles. The number of carbonyl (C=O) groups is 2. The highest BCUT2D eigenvalue weighted by molar-refractivity contribution is 5.99. The van der Waals surface area contributed by atoms with Crippen LogP contribution in [0, 0.1) is 0 Å². The minimum Gasteiger partial charge on any atom is -0.351 e. The van der Waals surface area contributed by atoms with Crippen molar-refractivity contribution < 1.29 is 9.59 Å². The number of likely N-dealkylation sites (N-methyl/N-ethyl adjacent to an activating group) is 2. The van der Waals surface area contributed by atoms with Crippen molar-refractivity contribution in [2.75, 3.05) is 53.4 Å². The Morgan fingerprint density at radius 1 is 0.524 bits per heavy atom. The molecule has 0 aromatic heterocycles. The van der Waals surface area contributed by atoms with Crippen LogP contribution in [0.2, 0.25) is 0 Å². The first kappa shape index (κ1) is 38.1. The molecule has 0 aliphatic heterocycles. The topological polar surface area (TPSA) is 64.7 Å². The van der Waals surface area contributed by atoms with Gasteiger partial charge in [-0.3, -0.25) is 9.59 Å². The monoisotopic (exact) mass is 587 g/mol. The maximum Gasteiger partial charge on any atom is 0.251 e. The van der Waals surface area contributed by atoms with Crippen LogP contribution in [0.4, 0.5) is 0 Å². The van der Waals surface area contributed by atoms with Gasteiger partial charge in [0.05, 0.1) is 0 Å². The summed E-state index contributed by atoms with van der Waals surface area (Å²) in [5.74, 6) is -0.247. The lowest BCUT2D eigenvalue weighted by Crippen LogP contribution is -2.34. The molecule has 242 valence electrons. The molecule has 2 N–H and O–H groups in total. The Morgan fingerprint density at radius 2 is 0.857 bits per heavy atom. The van der Waals surface area contributed by atoms with Gasteiger partial charge in [0.25, 0.3) is 11.8 Å². The lowest BCUT2D eigenvalue weighted by molar-refractivity contribution is 0.0949. The average Bonchev–Trinajstić information content (AvgIpc) is 2.99. The standard InChI is InChI=1S/C36H66N4O2/c1-5-7-9-11-13-15-17-19-21-28-39(3)30-26-37-35(41)33-24-23-25-34(32-33)36(42)38-27-31-40(4)29-22-20-18-16-14-12-10-8-6-2/h23-25,32H,5-22,26-31H2,1-4H3,(H,37,41)(H,38,42). The van der Waals surface area contributed by atoms with Gasteiger partial charge in [0, 0.05) is 37.3 Å². The molecule has 0 saturated carbocycles. The Balaban J connectivity index is 2.15. The van der Waals surface area contributed by atoms with E-state index in [4.69, 9.17) is 0 Å². The van der Waals surface area contributed by atoms with Crippen molar-refractivity contribution in [3.05, 3.63) is 35.4 Å². The van der Waals surface area contributed by atoms with E-state index < -0.39 is 0 Å². The van der Waals surface area contributed by atoms with Crippen LogP contribution in [-0.4, -0.2) is 75.0 Å². The largest absolute Gasteiger partial charge is 0.351 e. The van der Waals surface area contributed by atoms with Crippen LogP contribution in [0.15, 0.2) is 24.3 Å². The molecule has 1 aromatic rings. The number of hydrogen-bond acceptors (Lipinski definition) is 4. The second-order valence-corrected chi connectivity index (χ2v) is 12.4. The highest BCUT2D eigenvalue weighted by Crippen LogP contribution is 2.11. The quantitative estimate of drug-likeness (QED) is 0.0975. The van der Waals surface area contributed by atoms with E-state index in [1.165, 1.54) is 116 Å². The van der Waals surface area contributed by atoms with Gasteiger partial charge in [0.1, 0.15) is 0 Å². The summed E-state index contributed by atoms with van der Waals surface area (Å²) in [6.07, 6.45) is 24.1. The first-order chi connectivity index (χ1) is 20.5. The van der Waals surface area contributed by atoms with E-state index in [9.17, 15) is 9.59 Å². The zero-order chi connectivity index (χ0) is 30.7. The fourth-order valence-electron chi connectivity index (χ4n) is 5.33. The first-order valence-electron chi connectivity index (χ1n) is 17.5. The van der Waals surface area contributed by atoms with Gasteiger partial charge >= 0.3 is 0 Å².